The summed E-state index contributed by atoms with van der Waals surface area (Å²) in [6, 6.07) is 8.13. The minimum Gasteiger partial charge on any atom is -0.452 e. The van der Waals surface area contributed by atoms with Crippen LogP contribution in [0.3, 0.4) is 0 Å². The maximum atomic E-state index is 12.6. The SMILES string of the molecule is CCC(=O)OC(Cc1ccccc1)C(F)(F)F. The molecule has 0 N–H and O–H groups in total. The van der Waals surface area contributed by atoms with Gasteiger partial charge in [0.25, 0.3) is 0 Å². The Labute approximate surface area is 97.4 Å². The molecule has 2 nitrogen and oxygen atoms in total. The first-order chi connectivity index (χ1) is 7.93. The van der Waals surface area contributed by atoms with Gasteiger partial charge in [-0.2, -0.15) is 13.2 Å². The van der Waals surface area contributed by atoms with Gasteiger partial charge in [0.2, 0.25) is 6.10 Å². The Hall–Kier alpha value is -1.52. The summed E-state index contributed by atoms with van der Waals surface area (Å²) >= 11 is 0. The Balaban J connectivity index is 2.75. The lowest BCUT2D eigenvalue weighted by atomic mass is 10.1. The van der Waals surface area contributed by atoms with Crippen LogP contribution < -0.4 is 0 Å². The van der Waals surface area contributed by atoms with Crippen molar-refractivity contribution >= 4 is 5.97 Å². The van der Waals surface area contributed by atoms with E-state index in [0.29, 0.717) is 5.56 Å². The Bertz CT molecular complexity index is 360. The lowest BCUT2D eigenvalue weighted by Gasteiger charge is -2.20. The molecular weight excluding hydrogens is 233 g/mol. The molecule has 0 saturated heterocycles. The van der Waals surface area contributed by atoms with Crippen LogP contribution in [0.2, 0.25) is 0 Å². The first kappa shape index (κ1) is 13.5. The molecule has 0 aliphatic carbocycles. The molecule has 17 heavy (non-hydrogen) atoms. The highest BCUT2D eigenvalue weighted by Gasteiger charge is 2.42. The van der Waals surface area contributed by atoms with Gasteiger partial charge in [-0.1, -0.05) is 37.3 Å². The molecule has 0 aliphatic rings. The normalized spacial score (nSPS) is 13.2. The Kier molecular flexibility index (Phi) is 4.54. The van der Waals surface area contributed by atoms with Crippen molar-refractivity contribution in [1.82, 2.24) is 0 Å². The van der Waals surface area contributed by atoms with Gasteiger partial charge in [-0.3, -0.25) is 4.79 Å². The minimum atomic E-state index is -4.54. The van der Waals surface area contributed by atoms with Crippen LogP contribution >= 0.6 is 0 Å². The van der Waals surface area contributed by atoms with E-state index >= 15 is 0 Å². The first-order valence-corrected chi connectivity index (χ1v) is 5.23. The number of carbonyl (C=O) groups is 1. The van der Waals surface area contributed by atoms with Gasteiger partial charge in [0.15, 0.2) is 0 Å². The zero-order chi connectivity index (χ0) is 12.9. The molecule has 0 aromatic heterocycles. The lowest BCUT2D eigenvalue weighted by molar-refractivity contribution is -0.220. The summed E-state index contributed by atoms with van der Waals surface area (Å²) in [4.78, 5) is 10.9. The summed E-state index contributed by atoms with van der Waals surface area (Å²) in [6.07, 6.45) is -7.03. The second-order valence-electron chi connectivity index (χ2n) is 3.56. The zero-order valence-corrected chi connectivity index (χ0v) is 9.33. The van der Waals surface area contributed by atoms with Crippen LogP contribution in [0.4, 0.5) is 13.2 Å². The predicted octanol–water partition coefficient (Wildman–Crippen LogP) is 3.11. The molecule has 0 heterocycles. The fourth-order valence-electron chi connectivity index (χ4n) is 1.29. The quantitative estimate of drug-likeness (QED) is 0.763. The van der Waals surface area contributed by atoms with Crippen molar-refractivity contribution in [3.8, 4) is 0 Å². The van der Waals surface area contributed by atoms with Crippen LogP contribution in [-0.4, -0.2) is 18.2 Å². The van der Waals surface area contributed by atoms with E-state index in [-0.39, 0.29) is 12.8 Å². The van der Waals surface area contributed by atoms with Gasteiger partial charge >= 0.3 is 12.1 Å². The molecule has 94 valence electrons. The largest absolute Gasteiger partial charge is 0.452 e. The number of alkyl halides is 3. The van der Waals surface area contributed by atoms with E-state index in [2.05, 4.69) is 4.74 Å². The van der Waals surface area contributed by atoms with Crippen LogP contribution in [0, 0.1) is 0 Å². The van der Waals surface area contributed by atoms with Gasteiger partial charge in [-0.15, -0.1) is 0 Å². The molecule has 0 bridgehead atoms. The number of benzene rings is 1. The maximum absolute atomic E-state index is 12.6. The highest BCUT2D eigenvalue weighted by Crippen LogP contribution is 2.26. The van der Waals surface area contributed by atoms with Crippen molar-refractivity contribution in [1.29, 1.82) is 0 Å². The fraction of sp³-hybridized carbons (Fsp3) is 0.417. The summed E-state index contributed by atoms with van der Waals surface area (Å²) in [6.45, 7) is 1.46. The van der Waals surface area contributed by atoms with Crippen LogP contribution in [0.5, 0.6) is 0 Å². The van der Waals surface area contributed by atoms with E-state index in [1.807, 2.05) is 0 Å². The monoisotopic (exact) mass is 246 g/mol. The molecule has 1 aromatic rings. The van der Waals surface area contributed by atoms with Crippen LogP contribution in [0.15, 0.2) is 30.3 Å². The topological polar surface area (TPSA) is 26.3 Å². The number of hydrogen-bond donors (Lipinski definition) is 0. The summed E-state index contributed by atoms with van der Waals surface area (Å²) < 4.78 is 42.3. The Morgan fingerprint density at radius 3 is 2.35 bits per heavy atom. The average molecular weight is 246 g/mol. The summed E-state index contributed by atoms with van der Waals surface area (Å²) in [5.41, 5.74) is 0.485. The average Bonchev–Trinajstić information content (AvgIpc) is 2.28. The number of rotatable bonds is 4. The van der Waals surface area contributed by atoms with E-state index < -0.39 is 18.2 Å². The Morgan fingerprint density at radius 2 is 1.88 bits per heavy atom. The standard InChI is InChI=1S/C12H13F3O2/c1-2-11(16)17-10(12(13,14)15)8-9-6-4-3-5-7-9/h3-7,10H,2,8H2,1H3. The second-order valence-corrected chi connectivity index (χ2v) is 3.56. The maximum Gasteiger partial charge on any atom is 0.425 e. The number of halogens is 3. The highest BCUT2D eigenvalue weighted by molar-refractivity contribution is 5.69. The summed E-state index contributed by atoms with van der Waals surface area (Å²) in [5.74, 6) is -0.844. The third-order valence-corrected chi connectivity index (χ3v) is 2.19. The van der Waals surface area contributed by atoms with E-state index in [9.17, 15) is 18.0 Å². The predicted molar refractivity (Wildman–Crippen MR) is 56.4 cm³/mol. The number of carbonyl (C=O) groups excluding carboxylic acids is 1. The molecule has 1 unspecified atom stereocenters. The Morgan fingerprint density at radius 1 is 1.29 bits per heavy atom. The molecule has 0 fully saturated rings. The molecule has 0 amide bonds. The van der Waals surface area contributed by atoms with Gasteiger partial charge in [0.1, 0.15) is 0 Å². The van der Waals surface area contributed by atoms with Crippen molar-refractivity contribution in [3.63, 3.8) is 0 Å². The van der Waals surface area contributed by atoms with E-state index in [0.717, 1.165) is 0 Å². The zero-order valence-electron chi connectivity index (χ0n) is 9.33. The van der Waals surface area contributed by atoms with Gasteiger partial charge < -0.3 is 4.74 Å². The number of esters is 1. The fourth-order valence-corrected chi connectivity index (χ4v) is 1.29. The van der Waals surface area contributed by atoms with Gasteiger partial charge in [-0.25, -0.2) is 0 Å². The van der Waals surface area contributed by atoms with Crippen molar-refractivity contribution < 1.29 is 22.7 Å². The molecule has 0 saturated carbocycles. The number of hydrogen-bond acceptors (Lipinski definition) is 2. The van der Waals surface area contributed by atoms with Crippen LogP contribution in [-0.2, 0) is 16.0 Å². The van der Waals surface area contributed by atoms with Crippen molar-refractivity contribution in [2.75, 3.05) is 0 Å². The molecule has 1 rings (SSSR count). The van der Waals surface area contributed by atoms with Gasteiger partial charge in [0, 0.05) is 12.8 Å². The van der Waals surface area contributed by atoms with E-state index in [4.69, 9.17) is 0 Å². The van der Waals surface area contributed by atoms with Gasteiger partial charge in [-0.05, 0) is 5.56 Å². The first-order valence-electron chi connectivity index (χ1n) is 5.23. The van der Waals surface area contributed by atoms with Crippen molar-refractivity contribution in [3.05, 3.63) is 35.9 Å². The van der Waals surface area contributed by atoms with Gasteiger partial charge in [0.05, 0.1) is 0 Å². The van der Waals surface area contributed by atoms with Crippen LogP contribution in [0.1, 0.15) is 18.9 Å². The molecule has 0 aliphatic heterocycles. The van der Waals surface area contributed by atoms with E-state index in [1.54, 1.807) is 30.3 Å². The molecule has 1 aromatic carbocycles. The second kappa shape index (κ2) is 5.70. The van der Waals surface area contributed by atoms with Crippen molar-refractivity contribution in [2.45, 2.75) is 32.0 Å². The molecule has 0 spiro atoms. The van der Waals surface area contributed by atoms with Crippen molar-refractivity contribution in [2.24, 2.45) is 0 Å². The third-order valence-electron chi connectivity index (χ3n) is 2.19. The van der Waals surface area contributed by atoms with Crippen LogP contribution in [0.25, 0.3) is 0 Å². The smallest absolute Gasteiger partial charge is 0.425 e. The third kappa shape index (κ3) is 4.46. The molecule has 5 heteroatoms. The molecular formula is C12H13F3O2. The molecule has 0 radical (unpaired) electrons. The number of ether oxygens (including phenoxy) is 1. The summed E-state index contributed by atoms with van der Waals surface area (Å²) in [5, 5.41) is 0. The highest BCUT2D eigenvalue weighted by atomic mass is 19.4. The lowest BCUT2D eigenvalue weighted by Crippen LogP contribution is -2.35. The van der Waals surface area contributed by atoms with E-state index in [1.165, 1.54) is 6.92 Å². The molecule has 1 atom stereocenters. The minimum absolute atomic E-state index is 0.0681. The summed E-state index contributed by atoms with van der Waals surface area (Å²) in [7, 11) is 0.